The second kappa shape index (κ2) is 8.64. The number of nitrogens with zero attached hydrogens (tertiary/aromatic N) is 2. The van der Waals surface area contributed by atoms with E-state index in [9.17, 15) is 14.0 Å². The highest BCUT2D eigenvalue weighted by Crippen LogP contribution is 2.30. The molecule has 3 rings (SSSR count). The number of para-hydroxylation sites is 3. The maximum absolute atomic E-state index is 13.8. The van der Waals surface area contributed by atoms with E-state index in [1.165, 1.54) is 24.0 Å². The lowest BCUT2D eigenvalue weighted by Gasteiger charge is -2.33. The third-order valence-corrected chi connectivity index (χ3v) is 4.35. The van der Waals surface area contributed by atoms with Gasteiger partial charge in [-0.15, -0.1) is 0 Å². The highest BCUT2D eigenvalue weighted by molar-refractivity contribution is 6.03. The largest absolute Gasteiger partial charge is 0.378 e. The van der Waals surface area contributed by atoms with E-state index < -0.39 is 11.7 Å². The maximum atomic E-state index is 13.8. The minimum absolute atomic E-state index is 0.0902. The topological polar surface area (TPSA) is 61.9 Å². The number of anilines is 3. The van der Waals surface area contributed by atoms with Crippen LogP contribution >= 0.6 is 0 Å². The van der Waals surface area contributed by atoms with E-state index >= 15 is 0 Å². The quantitative estimate of drug-likeness (QED) is 0.878. The molecule has 1 fully saturated rings. The molecule has 0 spiro atoms. The number of hydrogen-bond donors (Lipinski definition) is 1. The van der Waals surface area contributed by atoms with Gasteiger partial charge in [0.05, 0.1) is 30.3 Å². The molecule has 0 atom stereocenters. The van der Waals surface area contributed by atoms with E-state index in [0.29, 0.717) is 32.0 Å². The van der Waals surface area contributed by atoms with Gasteiger partial charge in [0.25, 0.3) is 0 Å². The molecule has 142 valence electrons. The van der Waals surface area contributed by atoms with Crippen LogP contribution in [0.5, 0.6) is 0 Å². The van der Waals surface area contributed by atoms with E-state index in [2.05, 4.69) is 10.2 Å². The van der Waals surface area contributed by atoms with Crippen molar-refractivity contribution in [3.8, 4) is 0 Å². The predicted molar refractivity (Wildman–Crippen MR) is 103 cm³/mol. The third-order valence-electron chi connectivity index (χ3n) is 4.35. The summed E-state index contributed by atoms with van der Waals surface area (Å²) in [7, 11) is 0. The normalized spacial score (nSPS) is 13.9. The molecule has 0 aromatic heterocycles. The van der Waals surface area contributed by atoms with Crippen molar-refractivity contribution in [2.75, 3.05) is 48.0 Å². The predicted octanol–water partition coefficient (Wildman–Crippen LogP) is 2.65. The van der Waals surface area contributed by atoms with Crippen LogP contribution in [0.2, 0.25) is 0 Å². The molecule has 0 unspecified atom stereocenters. The standard InChI is InChI=1S/C20H22FN3O3/c1-15(25)24(14-20(26)22-17-7-3-2-6-16(17)21)19-9-5-4-8-18(19)23-10-12-27-13-11-23/h2-9H,10-14H2,1H3,(H,22,26). The van der Waals surface area contributed by atoms with Gasteiger partial charge in [0.15, 0.2) is 0 Å². The first kappa shape index (κ1) is 18.8. The average Bonchev–Trinajstić information content (AvgIpc) is 2.68. The number of halogens is 1. The zero-order valence-electron chi connectivity index (χ0n) is 15.2. The molecule has 0 bridgehead atoms. The van der Waals surface area contributed by atoms with Crippen LogP contribution in [0.3, 0.4) is 0 Å². The summed E-state index contributed by atoms with van der Waals surface area (Å²) in [5.74, 6) is -1.25. The first-order chi connectivity index (χ1) is 13.1. The van der Waals surface area contributed by atoms with Crippen LogP contribution < -0.4 is 15.1 Å². The van der Waals surface area contributed by atoms with Gasteiger partial charge >= 0.3 is 0 Å². The Labute approximate surface area is 157 Å². The molecule has 7 heteroatoms. The number of benzene rings is 2. The minimum Gasteiger partial charge on any atom is -0.378 e. The first-order valence-corrected chi connectivity index (χ1v) is 8.80. The third kappa shape index (κ3) is 4.62. The lowest BCUT2D eigenvalue weighted by atomic mass is 10.2. The average molecular weight is 371 g/mol. The number of amides is 2. The van der Waals surface area contributed by atoms with Crippen molar-refractivity contribution < 1.29 is 18.7 Å². The maximum Gasteiger partial charge on any atom is 0.244 e. The number of morpholine rings is 1. The molecule has 2 aromatic carbocycles. The van der Waals surface area contributed by atoms with Gasteiger partial charge in [-0.25, -0.2) is 4.39 Å². The van der Waals surface area contributed by atoms with Crippen molar-refractivity contribution >= 4 is 28.9 Å². The van der Waals surface area contributed by atoms with Crippen LogP contribution in [0.15, 0.2) is 48.5 Å². The number of carbonyl (C=O) groups excluding carboxylic acids is 2. The molecule has 0 saturated carbocycles. The zero-order chi connectivity index (χ0) is 19.2. The van der Waals surface area contributed by atoms with Gasteiger partial charge in [0, 0.05) is 20.0 Å². The summed E-state index contributed by atoms with van der Waals surface area (Å²) in [4.78, 5) is 28.2. The molecule has 2 amide bonds. The van der Waals surface area contributed by atoms with Gasteiger partial charge in [-0.2, -0.15) is 0 Å². The second-order valence-corrected chi connectivity index (χ2v) is 6.22. The molecule has 1 heterocycles. The lowest BCUT2D eigenvalue weighted by Crippen LogP contribution is -2.40. The van der Waals surface area contributed by atoms with Gasteiger partial charge in [0.2, 0.25) is 11.8 Å². The Morgan fingerprint density at radius 2 is 1.78 bits per heavy atom. The molecule has 0 radical (unpaired) electrons. The SMILES string of the molecule is CC(=O)N(CC(=O)Nc1ccccc1F)c1ccccc1N1CCOCC1. The summed E-state index contributed by atoms with van der Waals surface area (Å²) in [6, 6.07) is 13.4. The van der Waals surface area contributed by atoms with Crippen molar-refractivity contribution in [1.29, 1.82) is 0 Å². The van der Waals surface area contributed by atoms with Crippen molar-refractivity contribution in [2.24, 2.45) is 0 Å². The number of ether oxygens (including phenoxy) is 1. The number of carbonyl (C=O) groups is 2. The van der Waals surface area contributed by atoms with Gasteiger partial charge < -0.3 is 19.9 Å². The van der Waals surface area contributed by atoms with Crippen LogP contribution in [-0.4, -0.2) is 44.7 Å². The zero-order valence-corrected chi connectivity index (χ0v) is 15.2. The summed E-state index contributed by atoms with van der Waals surface area (Å²) in [6.07, 6.45) is 0. The molecule has 27 heavy (non-hydrogen) atoms. The Balaban J connectivity index is 1.81. The summed E-state index contributed by atoms with van der Waals surface area (Å²) in [5, 5.41) is 2.52. The molecule has 1 N–H and O–H groups in total. The molecule has 1 saturated heterocycles. The molecular formula is C20H22FN3O3. The fraction of sp³-hybridized carbons (Fsp3) is 0.300. The Morgan fingerprint density at radius 3 is 2.48 bits per heavy atom. The van der Waals surface area contributed by atoms with Crippen LogP contribution in [-0.2, 0) is 14.3 Å². The summed E-state index contributed by atoms with van der Waals surface area (Å²) < 4.78 is 19.2. The summed E-state index contributed by atoms with van der Waals surface area (Å²) in [5.41, 5.74) is 1.61. The van der Waals surface area contributed by atoms with Crippen molar-refractivity contribution in [3.05, 3.63) is 54.3 Å². The number of rotatable bonds is 5. The van der Waals surface area contributed by atoms with Crippen molar-refractivity contribution in [2.45, 2.75) is 6.92 Å². The second-order valence-electron chi connectivity index (χ2n) is 6.22. The fourth-order valence-corrected chi connectivity index (χ4v) is 3.03. The van der Waals surface area contributed by atoms with Crippen LogP contribution in [0.4, 0.5) is 21.5 Å². The summed E-state index contributed by atoms with van der Waals surface area (Å²) in [6.45, 7) is 3.86. The molecule has 6 nitrogen and oxygen atoms in total. The Morgan fingerprint density at radius 1 is 1.11 bits per heavy atom. The Kier molecular flexibility index (Phi) is 6.03. The van der Waals surface area contributed by atoms with Gasteiger partial charge in [-0.05, 0) is 24.3 Å². The van der Waals surface area contributed by atoms with Gasteiger partial charge in [-0.1, -0.05) is 24.3 Å². The van der Waals surface area contributed by atoms with Crippen LogP contribution in [0, 0.1) is 5.82 Å². The Bertz CT molecular complexity index is 822. The molecule has 2 aromatic rings. The van der Waals surface area contributed by atoms with E-state index in [1.807, 2.05) is 24.3 Å². The van der Waals surface area contributed by atoms with Crippen molar-refractivity contribution in [3.63, 3.8) is 0 Å². The van der Waals surface area contributed by atoms with E-state index in [1.54, 1.807) is 12.1 Å². The molecule has 1 aliphatic rings. The number of nitrogens with one attached hydrogen (secondary N) is 1. The van der Waals surface area contributed by atoms with E-state index in [4.69, 9.17) is 4.74 Å². The molecule has 0 aliphatic carbocycles. The van der Waals surface area contributed by atoms with E-state index in [0.717, 1.165) is 5.69 Å². The number of hydrogen-bond acceptors (Lipinski definition) is 4. The Hall–Kier alpha value is -2.93. The highest BCUT2D eigenvalue weighted by Gasteiger charge is 2.22. The minimum atomic E-state index is -0.519. The smallest absolute Gasteiger partial charge is 0.244 e. The molecular weight excluding hydrogens is 349 g/mol. The summed E-state index contributed by atoms with van der Waals surface area (Å²) >= 11 is 0. The monoisotopic (exact) mass is 371 g/mol. The first-order valence-electron chi connectivity index (χ1n) is 8.80. The highest BCUT2D eigenvalue weighted by atomic mass is 19.1. The fourth-order valence-electron chi connectivity index (χ4n) is 3.03. The van der Waals surface area contributed by atoms with E-state index in [-0.39, 0.29) is 18.1 Å². The van der Waals surface area contributed by atoms with Crippen LogP contribution in [0.1, 0.15) is 6.92 Å². The van der Waals surface area contributed by atoms with Gasteiger partial charge in [-0.3, -0.25) is 9.59 Å². The molecule has 1 aliphatic heterocycles. The van der Waals surface area contributed by atoms with Crippen molar-refractivity contribution in [1.82, 2.24) is 0 Å². The lowest BCUT2D eigenvalue weighted by molar-refractivity contribution is -0.120. The van der Waals surface area contributed by atoms with Crippen LogP contribution in [0.25, 0.3) is 0 Å². The van der Waals surface area contributed by atoms with Gasteiger partial charge in [0.1, 0.15) is 12.4 Å².